The van der Waals surface area contributed by atoms with E-state index in [1.165, 1.54) is 0 Å². The number of unbranched alkanes of at least 4 members (excludes halogenated alkanes) is 1. The van der Waals surface area contributed by atoms with Gasteiger partial charge in [0.05, 0.1) is 0 Å². The van der Waals surface area contributed by atoms with E-state index < -0.39 is 0 Å². The van der Waals surface area contributed by atoms with Crippen molar-refractivity contribution >= 4 is 0 Å². The molecule has 0 rings (SSSR count). The van der Waals surface area contributed by atoms with Crippen LogP contribution in [0.2, 0.25) is 0 Å². The summed E-state index contributed by atoms with van der Waals surface area (Å²) in [5.41, 5.74) is 0. The van der Waals surface area contributed by atoms with Crippen molar-refractivity contribution in [1.82, 2.24) is 0 Å². The van der Waals surface area contributed by atoms with Gasteiger partial charge in [0.15, 0.2) is 0 Å². The molecule has 0 atom stereocenters. The standard InChI is InChI=1S/C4H8.Co/c1-3-4-2;/h1-4H2;/q-2;+2. The summed E-state index contributed by atoms with van der Waals surface area (Å²) in [7, 11) is 0. The quantitative estimate of drug-likeness (QED) is 0.453. The van der Waals surface area contributed by atoms with E-state index in [4.69, 9.17) is 0 Å². The third kappa shape index (κ3) is 12.5. The van der Waals surface area contributed by atoms with E-state index in [0.29, 0.717) is 0 Å². The first kappa shape index (κ1) is 9.10. The summed E-state index contributed by atoms with van der Waals surface area (Å²) < 4.78 is 0. The monoisotopic (exact) mass is 115 g/mol. The fourth-order valence-electron chi connectivity index (χ4n) is 0. The van der Waals surface area contributed by atoms with E-state index in [9.17, 15) is 0 Å². The average molecular weight is 115 g/mol. The summed E-state index contributed by atoms with van der Waals surface area (Å²) in [5, 5.41) is 0. The van der Waals surface area contributed by atoms with E-state index in [-0.39, 0.29) is 16.8 Å². The predicted molar refractivity (Wildman–Crippen MR) is 19.9 cm³/mol. The Balaban J connectivity index is 0. The van der Waals surface area contributed by atoms with Gasteiger partial charge in [-0.2, -0.15) is 0 Å². The Bertz CT molecular complexity index is 5.61. The molecular formula is C4H8Co. The zero-order chi connectivity index (χ0) is 3.41. The maximum Gasteiger partial charge on any atom is 2.00 e. The van der Waals surface area contributed by atoms with E-state index >= 15 is 0 Å². The second kappa shape index (κ2) is 8.82. The molecule has 0 nitrogen and oxygen atoms in total. The fraction of sp³-hybridized carbons (Fsp3) is 0.500. The van der Waals surface area contributed by atoms with Crippen LogP contribution >= 0.6 is 0 Å². The van der Waals surface area contributed by atoms with Crippen molar-refractivity contribution in [1.29, 1.82) is 0 Å². The van der Waals surface area contributed by atoms with Gasteiger partial charge in [-0.15, -0.1) is 0 Å². The summed E-state index contributed by atoms with van der Waals surface area (Å²) in [5.74, 6) is 0. The van der Waals surface area contributed by atoms with Crippen LogP contribution in [0, 0.1) is 13.8 Å². The second-order valence-corrected chi connectivity index (χ2v) is 0.707. The predicted octanol–water partition coefficient (Wildman–Crippen LogP) is 1.43. The summed E-state index contributed by atoms with van der Waals surface area (Å²) in [6, 6.07) is 0. The SMILES string of the molecule is [CH2-]CC[CH2-].[Co+2]. The largest absolute Gasteiger partial charge is 2.00 e. The molecule has 0 aliphatic heterocycles. The molecular weight excluding hydrogens is 107 g/mol. The fourth-order valence-corrected chi connectivity index (χ4v) is 0. The minimum absolute atomic E-state index is 0. The van der Waals surface area contributed by atoms with Crippen molar-refractivity contribution in [2.24, 2.45) is 0 Å². The smallest absolute Gasteiger partial charge is 0.346 e. The number of hydrogen-bond acceptors (Lipinski definition) is 0. The minimum Gasteiger partial charge on any atom is -0.346 e. The molecule has 0 spiro atoms. The van der Waals surface area contributed by atoms with Gasteiger partial charge in [0.25, 0.3) is 0 Å². The molecule has 0 aromatic carbocycles. The van der Waals surface area contributed by atoms with Crippen LogP contribution < -0.4 is 0 Å². The van der Waals surface area contributed by atoms with Crippen LogP contribution in [0.5, 0.6) is 0 Å². The molecule has 0 aromatic rings. The van der Waals surface area contributed by atoms with Gasteiger partial charge in [-0.1, -0.05) is 0 Å². The molecule has 1 heteroatoms. The Morgan fingerprint density at radius 1 is 1.00 bits per heavy atom. The molecule has 5 heavy (non-hydrogen) atoms. The van der Waals surface area contributed by atoms with Gasteiger partial charge in [-0.25, -0.2) is 12.8 Å². The first-order valence-electron chi connectivity index (χ1n) is 1.50. The van der Waals surface area contributed by atoms with Crippen LogP contribution in [0.25, 0.3) is 0 Å². The van der Waals surface area contributed by atoms with Crippen LogP contribution in [0.15, 0.2) is 0 Å². The van der Waals surface area contributed by atoms with Gasteiger partial charge in [0.2, 0.25) is 0 Å². The molecule has 0 fully saturated rings. The molecule has 1 radical (unpaired) electrons. The molecule has 0 N–H and O–H groups in total. The van der Waals surface area contributed by atoms with Gasteiger partial charge < -0.3 is 13.8 Å². The van der Waals surface area contributed by atoms with Crippen molar-refractivity contribution in [2.75, 3.05) is 0 Å². The molecule has 0 saturated carbocycles. The maximum absolute atomic E-state index is 3.54. The van der Waals surface area contributed by atoms with Gasteiger partial charge in [-0.05, 0) is 0 Å². The minimum atomic E-state index is 0. The molecule has 0 aromatic heterocycles. The Hall–Kier alpha value is 0.506. The second-order valence-electron chi connectivity index (χ2n) is 0.707. The summed E-state index contributed by atoms with van der Waals surface area (Å²) >= 11 is 0. The molecule has 0 aliphatic carbocycles. The Morgan fingerprint density at radius 3 is 1.20 bits per heavy atom. The van der Waals surface area contributed by atoms with E-state index in [2.05, 4.69) is 13.8 Å². The number of hydrogen-bond donors (Lipinski definition) is 0. The molecule has 0 saturated heterocycles. The van der Waals surface area contributed by atoms with Crippen molar-refractivity contribution < 1.29 is 16.8 Å². The van der Waals surface area contributed by atoms with Crippen molar-refractivity contribution in [3.63, 3.8) is 0 Å². The van der Waals surface area contributed by atoms with Gasteiger partial charge >= 0.3 is 16.8 Å². The number of rotatable bonds is 1. The molecule has 33 valence electrons. The molecule has 0 unspecified atom stereocenters. The first-order chi connectivity index (χ1) is 1.91. The van der Waals surface area contributed by atoms with Crippen LogP contribution in [0.3, 0.4) is 0 Å². The van der Waals surface area contributed by atoms with Crippen LogP contribution in [0.4, 0.5) is 0 Å². The van der Waals surface area contributed by atoms with E-state index in [1.54, 1.807) is 0 Å². The Morgan fingerprint density at radius 2 is 1.20 bits per heavy atom. The molecule has 0 bridgehead atoms. The van der Waals surface area contributed by atoms with Crippen LogP contribution in [-0.2, 0) is 16.8 Å². The van der Waals surface area contributed by atoms with Crippen LogP contribution in [0.1, 0.15) is 12.8 Å². The van der Waals surface area contributed by atoms with Gasteiger partial charge in [0, 0.05) is 0 Å². The summed E-state index contributed by atoms with van der Waals surface area (Å²) in [6.07, 6.45) is 1.92. The van der Waals surface area contributed by atoms with Crippen LogP contribution in [-0.4, -0.2) is 0 Å². The van der Waals surface area contributed by atoms with Gasteiger partial charge in [-0.3, -0.25) is 0 Å². The van der Waals surface area contributed by atoms with Crippen molar-refractivity contribution in [3.05, 3.63) is 13.8 Å². The third-order valence-corrected chi connectivity index (χ3v) is 0.250. The van der Waals surface area contributed by atoms with E-state index in [0.717, 1.165) is 12.8 Å². The zero-order valence-corrected chi connectivity index (χ0v) is 4.20. The topological polar surface area (TPSA) is 0 Å². The zero-order valence-electron chi connectivity index (χ0n) is 3.16. The molecule has 0 amide bonds. The summed E-state index contributed by atoms with van der Waals surface area (Å²) in [6.45, 7) is 7.08. The Labute approximate surface area is 44.2 Å². The van der Waals surface area contributed by atoms with Crippen molar-refractivity contribution in [2.45, 2.75) is 12.8 Å². The molecule has 0 heterocycles. The summed E-state index contributed by atoms with van der Waals surface area (Å²) in [4.78, 5) is 0. The Kier molecular flexibility index (Phi) is 16.0. The van der Waals surface area contributed by atoms with Gasteiger partial charge in [0.1, 0.15) is 0 Å². The first-order valence-corrected chi connectivity index (χ1v) is 1.50. The van der Waals surface area contributed by atoms with E-state index in [1.807, 2.05) is 0 Å². The normalized spacial score (nSPS) is 6.00. The maximum atomic E-state index is 3.54. The average Bonchev–Trinajstić information content (AvgIpc) is 1.37. The van der Waals surface area contributed by atoms with Crippen molar-refractivity contribution in [3.8, 4) is 0 Å². The molecule has 0 aliphatic rings. The third-order valence-electron chi connectivity index (χ3n) is 0.250.